The smallest absolute Gasteiger partial charge is 0.0271 e. The molecule has 0 amide bonds. The monoisotopic (exact) mass is 283 g/mol. The SMILES string of the molecule is CC(C)NCc1ccccc1CN(C)Cc1ccncc1. The summed E-state index contributed by atoms with van der Waals surface area (Å²) in [6, 6.07) is 13.3. The van der Waals surface area contributed by atoms with Gasteiger partial charge in [-0.15, -0.1) is 0 Å². The first-order valence-corrected chi connectivity index (χ1v) is 7.53. The van der Waals surface area contributed by atoms with Crippen LogP contribution in [0.25, 0.3) is 0 Å². The van der Waals surface area contributed by atoms with Gasteiger partial charge in [-0.05, 0) is 35.9 Å². The fourth-order valence-electron chi connectivity index (χ4n) is 2.34. The largest absolute Gasteiger partial charge is 0.310 e. The van der Waals surface area contributed by atoms with Crippen molar-refractivity contribution in [3.8, 4) is 0 Å². The van der Waals surface area contributed by atoms with Gasteiger partial charge in [0, 0.05) is 38.1 Å². The summed E-state index contributed by atoms with van der Waals surface area (Å²) in [5.41, 5.74) is 4.07. The minimum atomic E-state index is 0.507. The van der Waals surface area contributed by atoms with Crippen molar-refractivity contribution >= 4 is 0 Å². The molecule has 3 heteroatoms. The van der Waals surface area contributed by atoms with Gasteiger partial charge in [0.1, 0.15) is 0 Å². The van der Waals surface area contributed by atoms with Gasteiger partial charge in [-0.1, -0.05) is 38.1 Å². The van der Waals surface area contributed by atoms with Gasteiger partial charge in [0.15, 0.2) is 0 Å². The lowest BCUT2D eigenvalue weighted by Gasteiger charge is -2.19. The molecular weight excluding hydrogens is 258 g/mol. The van der Waals surface area contributed by atoms with E-state index in [1.165, 1.54) is 16.7 Å². The van der Waals surface area contributed by atoms with E-state index in [-0.39, 0.29) is 0 Å². The molecule has 3 nitrogen and oxygen atoms in total. The number of benzene rings is 1. The molecule has 0 atom stereocenters. The maximum absolute atomic E-state index is 4.06. The van der Waals surface area contributed by atoms with Crippen LogP contribution >= 0.6 is 0 Å². The molecule has 2 aromatic rings. The molecule has 112 valence electrons. The Hall–Kier alpha value is -1.71. The molecule has 0 fully saturated rings. The number of rotatable bonds is 7. The van der Waals surface area contributed by atoms with Crippen LogP contribution in [0.5, 0.6) is 0 Å². The molecule has 2 rings (SSSR count). The van der Waals surface area contributed by atoms with Gasteiger partial charge in [0.25, 0.3) is 0 Å². The molecule has 21 heavy (non-hydrogen) atoms. The molecule has 0 aliphatic heterocycles. The van der Waals surface area contributed by atoms with Crippen LogP contribution in [-0.2, 0) is 19.6 Å². The van der Waals surface area contributed by atoms with Crippen molar-refractivity contribution in [1.29, 1.82) is 0 Å². The summed E-state index contributed by atoms with van der Waals surface area (Å²) in [5, 5.41) is 3.50. The van der Waals surface area contributed by atoms with Gasteiger partial charge in [-0.3, -0.25) is 9.88 Å². The highest BCUT2D eigenvalue weighted by atomic mass is 15.1. The molecule has 0 saturated heterocycles. The van der Waals surface area contributed by atoms with Crippen molar-refractivity contribution in [3.63, 3.8) is 0 Å². The molecule has 0 saturated carbocycles. The summed E-state index contributed by atoms with van der Waals surface area (Å²) in [5.74, 6) is 0. The van der Waals surface area contributed by atoms with Gasteiger partial charge in [-0.2, -0.15) is 0 Å². The van der Waals surface area contributed by atoms with Crippen LogP contribution in [0.2, 0.25) is 0 Å². The Morgan fingerprint density at radius 2 is 1.67 bits per heavy atom. The van der Waals surface area contributed by atoms with Crippen molar-refractivity contribution < 1.29 is 0 Å². The van der Waals surface area contributed by atoms with Crippen LogP contribution < -0.4 is 5.32 Å². The molecule has 0 spiro atoms. The maximum atomic E-state index is 4.06. The lowest BCUT2D eigenvalue weighted by Crippen LogP contribution is -2.24. The number of hydrogen-bond acceptors (Lipinski definition) is 3. The summed E-state index contributed by atoms with van der Waals surface area (Å²) in [6.07, 6.45) is 3.70. The molecule has 0 radical (unpaired) electrons. The zero-order valence-electron chi connectivity index (χ0n) is 13.2. The van der Waals surface area contributed by atoms with Crippen molar-refractivity contribution in [2.75, 3.05) is 7.05 Å². The summed E-state index contributed by atoms with van der Waals surface area (Å²) < 4.78 is 0. The Morgan fingerprint density at radius 3 is 2.33 bits per heavy atom. The average molecular weight is 283 g/mol. The Kier molecular flexibility index (Phi) is 5.90. The number of nitrogens with zero attached hydrogens (tertiary/aromatic N) is 2. The van der Waals surface area contributed by atoms with Crippen LogP contribution in [0.3, 0.4) is 0 Å². The van der Waals surface area contributed by atoms with E-state index in [4.69, 9.17) is 0 Å². The van der Waals surface area contributed by atoms with E-state index in [1.54, 1.807) is 0 Å². The second-order valence-electron chi connectivity index (χ2n) is 5.83. The van der Waals surface area contributed by atoms with Gasteiger partial charge >= 0.3 is 0 Å². The number of aromatic nitrogens is 1. The Balaban J connectivity index is 1.98. The van der Waals surface area contributed by atoms with E-state index in [9.17, 15) is 0 Å². The zero-order chi connectivity index (χ0) is 15.1. The van der Waals surface area contributed by atoms with Gasteiger partial charge in [-0.25, -0.2) is 0 Å². The van der Waals surface area contributed by atoms with E-state index < -0.39 is 0 Å². The van der Waals surface area contributed by atoms with Crippen LogP contribution in [0.1, 0.15) is 30.5 Å². The summed E-state index contributed by atoms with van der Waals surface area (Å²) in [7, 11) is 2.16. The van der Waals surface area contributed by atoms with Gasteiger partial charge in [0.2, 0.25) is 0 Å². The lowest BCUT2D eigenvalue weighted by molar-refractivity contribution is 0.317. The Morgan fingerprint density at radius 1 is 1.00 bits per heavy atom. The van der Waals surface area contributed by atoms with Crippen LogP contribution in [0.15, 0.2) is 48.8 Å². The quantitative estimate of drug-likeness (QED) is 0.845. The predicted molar refractivity (Wildman–Crippen MR) is 87.8 cm³/mol. The zero-order valence-corrected chi connectivity index (χ0v) is 13.2. The minimum absolute atomic E-state index is 0.507. The van der Waals surface area contributed by atoms with E-state index in [0.717, 1.165) is 19.6 Å². The van der Waals surface area contributed by atoms with E-state index in [2.05, 4.69) is 72.5 Å². The molecule has 0 aliphatic carbocycles. The number of hydrogen-bond donors (Lipinski definition) is 1. The highest BCUT2D eigenvalue weighted by Crippen LogP contribution is 2.13. The highest BCUT2D eigenvalue weighted by Gasteiger charge is 2.06. The molecule has 0 unspecified atom stereocenters. The fraction of sp³-hybridized carbons (Fsp3) is 0.389. The third-order valence-electron chi connectivity index (χ3n) is 3.46. The third-order valence-corrected chi connectivity index (χ3v) is 3.46. The molecule has 1 aromatic heterocycles. The third kappa shape index (κ3) is 5.29. The standard InChI is InChI=1S/C18H25N3/c1-15(2)20-12-17-6-4-5-7-18(17)14-21(3)13-16-8-10-19-11-9-16/h4-11,15,20H,12-14H2,1-3H3. The first-order valence-electron chi connectivity index (χ1n) is 7.53. The topological polar surface area (TPSA) is 28.2 Å². The summed E-state index contributed by atoms with van der Waals surface area (Å²) >= 11 is 0. The van der Waals surface area contributed by atoms with E-state index in [1.807, 2.05) is 12.4 Å². The van der Waals surface area contributed by atoms with Crippen LogP contribution in [0.4, 0.5) is 0 Å². The normalized spacial score (nSPS) is 11.3. The first-order chi connectivity index (χ1) is 10.1. The lowest BCUT2D eigenvalue weighted by atomic mass is 10.1. The Bertz CT molecular complexity index is 537. The first kappa shape index (κ1) is 15.7. The van der Waals surface area contributed by atoms with Crippen LogP contribution in [0, 0.1) is 0 Å². The molecule has 0 bridgehead atoms. The predicted octanol–water partition coefficient (Wildman–Crippen LogP) is 3.21. The molecule has 0 aliphatic rings. The number of pyridine rings is 1. The highest BCUT2D eigenvalue weighted by molar-refractivity contribution is 5.27. The maximum Gasteiger partial charge on any atom is 0.0271 e. The van der Waals surface area contributed by atoms with Gasteiger partial charge in [0.05, 0.1) is 0 Å². The Labute approximate surface area is 128 Å². The van der Waals surface area contributed by atoms with E-state index >= 15 is 0 Å². The van der Waals surface area contributed by atoms with Crippen LogP contribution in [-0.4, -0.2) is 23.0 Å². The van der Waals surface area contributed by atoms with Crippen molar-refractivity contribution in [1.82, 2.24) is 15.2 Å². The number of nitrogens with one attached hydrogen (secondary N) is 1. The summed E-state index contributed by atoms with van der Waals surface area (Å²) in [6.45, 7) is 7.18. The fourth-order valence-corrected chi connectivity index (χ4v) is 2.34. The van der Waals surface area contributed by atoms with Crippen molar-refractivity contribution in [2.24, 2.45) is 0 Å². The molecule has 1 aromatic carbocycles. The van der Waals surface area contributed by atoms with E-state index in [0.29, 0.717) is 6.04 Å². The minimum Gasteiger partial charge on any atom is -0.310 e. The molecular formula is C18H25N3. The van der Waals surface area contributed by atoms with Gasteiger partial charge < -0.3 is 5.32 Å². The second-order valence-corrected chi connectivity index (χ2v) is 5.83. The molecule has 1 N–H and O–H groups in total. The molecule has 1 heterocycles. The average Bonchev–Trinajstić information content (AvgIpc) is 2.47. The van der Waals surface area contributed by atoms with Crippen molar-refractivity contribution in [2.45, 2.75) is 39.5 Å². The second kappa shape index (κ2) is 7.91. The summed E-state index contributed by atoms with van der Waals surface area (Å²) in [4.78, 5) is 6.40. The van der Waals surface area contributed by atoms with Crippen molar-refractivity contribution in [3.05, 3.63) is 65.5 Å².